The molecule has 1 atom stereocenters. The summed E-state index contributed by atoms with van der Waals surface area (Å²) >= 11 is 0. The Hall–Kier alpha value is -2.70. The lowest BCUT2D eigenvalue weighted by Crippen LogP contribution is -2.20. The Morgan fingerprint density at radius 1 is 1.15 bits per heavy atom. The van der Waals surface area contributed by atoms with Gasteiger partial charge in [-0.3, -0.25) is 0 Å². The molecule has 1 aliphatic heterocycles. The summed E-state index contributed by atoms with van der Waals surface area (Å²) in [5.41, 5.74) is 0.456. The summed E-state index contributed by atoms with van der Waals surface area (Å²) in [6.07, 6.45) is -4.38. The van der Waals surface area contributed by atoms with Crippen molar-refractivity contribution in [2.24, 2.45) is 0 Å². The van der Waals surface area contributed by atoms with E-state index in [2.05, 4.69) is 4.74 Å². The molecule has 138 valence electrons. The first kappa shape index (κ1) is 18.1. The minimum atomic E-state index is -4.51. The van der Waals surface area contributed by atoms with Crippen LogP contribution in [-0.4, -0.2) is 20.2 Å². The van der Waals surface area contributed by atoms with E-state index in [9.17, 15) is 18.0 Å². The fourth-order valence-corrected chi connectivity index (χ4v) is 3.04. The predicted molar refractivity (Wildman–Crippen MR) is 87.5 cm³/mol. The third-order valence-electron chi connectivity index (χ3n) is 4.34. The minimum absolute atomic E-state index is 0.0704. The van der Waals surface area contributed by atoms with E-state index in [4.69, 9.17) is 9.47 Å². The van der Waals surface area contributed by atoms with Crippen LogP contribution in [0.1, 0.15) is 39.6 Å². The van der Waals surface area contributed by atoms with Crippen molar-refractivity contribution in [3.05, 3.63) is 58.7 Å². The average Bonchev–Trinajstić information content (AvgIpc) is 2.65. The summed E-state index contributed by atoms with van der Waals surface area (Å²) in [6.45, 7) is 0. The Labute approximate surface area is 148 Å². The zero-order valence-electron chi connectivity index (χ0n) is 14.2. The second-order valence-electron chi connectivity index (χ2n) is 5.91. The second-order valence-corrected chi connectivity index (χ2v) is 5.91. The van der Waals surface area contributed by atoms with Gasteiger partial charge in [-0.05, 0) is 48.7 Å². The van der Waals surface area contributed by atoms with Gasteiger partial charge in [-0.15, -0.1) is 0 Å². The molecule has 0 spiro atoms. The Kier molecular flexibility index (Phi) is 4.80. The monoisotopic (exact) mass is 366 g/mol. The van der Waals surface area contributed by atoms with Gasteiger partial charge in [0.2, 0.25) is 0 Å². The number of benzene rings is 2. The maximum atomic E-state index is 13.4. The fourth-order valence-electron chi connectivity index (χ4n) is 3.04. The summed E-state index contributed by atoms with van der Waals surface area (Å²) in [5, 5.41) is 0. The molecule has 0 saturated heterocycles. The number of hydrogen-bond donors (Lipinski definition) is 0. The first-order valence-corrected chi connectivity index (χ1v) is 7.96. The number of fused-ring (bicyclic) bond motifs is 1. The van der Waals surface area contributed by atoms with Gasteiger partial charge in [-0.25, -0.2) is 4.79 Å². The lowest BCUT2D eigenvalue weighted by atomic mass is 9.93. The Morgan fingerprint density at radius 3 is 2.58 bits per heavy atom. The molecule has 0 aromatic heterocycles. The van der Waals surface area contributed by atoms with Gasteiger partial charge in [0.1, 0.15) is 17.6 Å². The largest absolute Gasteiger partial charge is 0.497 e. The number of hydrogen-bond acceptors (Lipinski definition) is 4. The number of esters is 1. The maximum Gasteiger partial charge on any atom is 0.416 e. The average molecular weight is 366 g/mol. The molecule has 4 nitrogen and oxygen atoms in total. The quantitative estimate of drug-likeness (QED) is 0.747. The van der Waals surface area contributed by atoms with Crippen LogP contribution in [-0.2, 0) is 17.3 Å². The van der Waals surface area contributed by atoms with Crippen LogP contribution < -0.4 is 9.47 Å². The number of halogens is 3. The summed E-state index contributed by atoms with van der Waals surface area (Å²) in [7, 11) is 2.61. The highest BCUT2D eigenvalue weighted by atomic mass is 19.4. The molecule has 2 aromatic carbocycles. The van der Waals surface area contributed by atoms with Crippen LogP contribution in [0.2, 0.25) is 0 Å². The van der Waals surface area contributed by atoms with Crippen LogP contribution in [0, 0.1) is 0 Å². The SMILES string of the molecule is COC(=O)c1ccc2c(c1)CCC(c1ccc(OC)cc1C(F)(F)F)O2. The van der Waals surface area contributed by atoms with Crippen molar-refractivity contribution in [2.45, 2.75) is 25.1 Å². The van der Waals surface area contributed by atoms with Crippen molar-refractivity contribution in [1.82, 2.24) is 0 Å². The molecule has 26 heavy (non-hydrogen) atoms. The number of alkyl halides is 3. The first-order chi connectivity index (χ1) is 12.3. The van der Waals surface area contributed by atoms with Crippen LogP contribution in [0.4, 0.5) is 13.2 Å². The summed E-state index contributed by atoms with van der Waals surface area (Å²) in [6, 6.07) is 8.63. The van der Waals surface area contributed by atoms with Gasteiger partial charge in [-0.2, -0.15) is 13.2 Å². The Morgan fingerprint density at radius 2 is 1.92 bits per heavy atom. The van der Waals surface area contributed by atoms with Crippen LogP contribution in [0.3, 0.4) is 0 Å². The molecule has 0 fully saturated rings. The maximum absolute atomic E-state index is 13.4. The van der Waals surface area contributed by atoms with E-state index in [1.54, 1.807) is 12.1 Å². The summed E-state index contributed by atoms with van der Waals surface area (Å²) in [5.74, 6) is 0.141. The molecule has 7 heteroatoms. The Bertz CT molecular complexity index is 830. The van der Waals surface area contributed by atoms with Crippen molar-refractivity contribution in [3.63, 3.8) is 0 Å². The number of carbonyl (C=O) groups excluding carboxylic acids is 1. The van der Waals surface area contributed by atoms with Crippen molar-refractivity contribution in [1.29, 1.82) is 0 Å². The molecule has 0 bridgehead atoms. The number of aryl methyl sites for hydroxylation is 1. The van der Waals surface area contributed by atoms with Gasteiger partial charge in [0.15, 0.2) is 0 Å². The zero-order valence-corrected chi connectivity index (χ0v) is 14.2. The molecular formula is C19H17F3O4. The van der Waals surface area contributed by atoms with Crippen LogP contribution in [0.25, 0.3) is 0 Å². The van der Waals surface area contributed by atoms with Crippen LogP contribution in [0.5, 0.6) is 11.5 Å². The molecular weight excluding hydrogens is 349 g/mol. The molecule has 0 N–H and O–H groups in total. The summed E-state index contributed by atoms with van der Waals surface area (Å²) in [4.78, 5) is 11.6. The third-order valence-corrected chi connectivity index (χ3v) is 4.34. The topological polar surface area (TPSA) is 44.8 Å². The highest BCUT2D eigenvalue weighted by molar-refractivity contribution is 5.89. The van der Waals surface area contributed by atoms with E-state index >= 15 is 0 Å². The lowest BCUT2D eigenvalue weighted by Gasteiger charge is -2.28. The van der Waals surface area contributed by atoms with E-state index in [0.29, 0.717) is 24.2 Å². The third kappa shape index (κ3) is 3.47. The summed E-state index contributed by atoms with van der Waals surface area (Å²) < 4.78 is 55.7. The van der Waals surface area contributed by atoms with E-state index in [0.717, 1.165) is 11.6 Å². The molecule has 0 radical (unpaired) electrons. The molecule has 3 rings (SSSR count). The standard InChI is InChI=1S/C19H17F3O4/c1-24-13-5-6-14(15(10-13)19(20,21)22)17-8-3-11-9-12(18(23)25-2)4-7-16(11)26-17/h4-7,9-10,17H,3,8H2,1-2H3. The first-order valence-electron chi connectivity index (χ1n) is 7.96. The molecule has 1 unspecified atom stereocenters. The lowest BCUT2D eigenvalue weighted by molar-refractivity contribution is -0.139. The Balaban J connectivity index is 1.93. The van der Waals surface area contributed by atoms with Crippen molar-refractivity contribution >= 4 is 5.97 Å². The highest BCUT2D eigenvalue weighted by Gasteiger charge is 2.37. The minimum Gasteiger partial charge on any atom is -0.497 e. The van der Waals surface area contributed by atoms with E-state index in [1.165, 1.54) is 32.4 Å². The zero-order chi connectivity index (χ0) is 18.9. The molecule has 0 saturated carbocycles. The molecule has 0 aliphatic carbocycles. The number of rotatable bonds is 3. The normalized spacial score (nSPS) is 16.4. The van der Waals surface area contributed by atoms with Crippen molar-refractivity contribution < 1.29 is 32.2 Å². The molecule has 0 amide bonds. The van der Waals surface area contributed by atoms with E-state index < -0.39 is 23.8 Å². The van der Waals surface area contributed by atoms with Crippen molar-refractivity contribution in [2.75, 3.05) is 14.2 Å². The van der Waals surface area contributed by atoms with Crippen LogP contribution in [0.15, 0.2) is 36.4 Å². The number of methoxy groups -OCH3 is 2. The fraction of sp³-hybridized carbons (Fsp3) is 0.316. The molecule has 1 heterocycles. The van der Waals surface area contributed by atoms with Gasteiger partial charge in [0, 0.05) is 5.56 Å². The smallest absolute Gasteiger partial charge is 0.416 e. The number of ether oxygens (including phenoxy) is 3. The number of carbonyl (C=O) groups is 1. The van der Waals surface area contributed by atoms with Crippen molar-refractivity contribution in [3.8, 4) is 11.5 Å². The van der Waals surface area contributed by atoms with Crippen LogP contribution >= 0.6 is 0 Å². The van der Waals surface area contributed by atoms with Gasteiger partial charge >= 0.3 is 12.1 Å². The van der Waals surface area contributed by atoms with E-state index in [1.807, 2.05) is 0 Å². The second kappa shape index (κ2) is 6.90. The highest BCUT2D eigenvalue weighted by Crippen LogP contribution is 2.42. The van der Waals surface area contributed by atoms with E-state index in [-0.39, 0.29) is 11.3 Å². The molecule has 2 aromatic rings. The van der Waals surface area contributed by atoms with Gasteiger partial charge < -0.3 is 14.2 Å². The molecule has 1 aliphatic rings. The van der Waals surface area contributed by atoms with Gasteiger partial charge in [0.05, 0.1) is 25.3 Å². The predicted octanol–water partition coefficient (Wildman–Crippen LogP) is 4.57. The van der Waals surface area contributed by atoms with Gasteiger partial charge in [0.25, 0.3) is 0 Å². The van der Waals surface area contributed by atoms with Gasteiger partial charge in [-0.1, -0.05) is 6.07 Å².